The molecule has 1 aliphatic carbocycles. The fourth-order valence-corrected chi connectivity index (χ4v) is 2.51. The van der Waals surface area contributed by atoms with E-state index in [9.17, 15) is 0 Å². The maximum absolute atomic E-state index is 6.36. The topological polar surface area (TPSA) is 38.0 Å². The maximum Gasteiger partial charge on any atom is 0.0342 e. The van der Waals surface area contributed by atoms with Crippen LogP contribution < -0.4 is 11.1 Å². The van der Waals surface area contributed by atoms with Crippen molar-refractivity contribution in [2.75, 3.05) is 5.32 Å². The number of rotatable bonds is 2. The van der Waals surface area contributed by atoms with Gasteiger partial charge in [-0.25, -0.2) is 0 Å². The Hall–Kier alpha value is -1.02. The molecule has 1 fully saturated rings. The highest BCUT2D eigenvalue weighted by atomic mass is 15.0. The molecule has 88 valence electrons. The highest BCUT2D eigenvalue weighted by Gasteiger charge is 2.49. The molecule has 0 heterocycles. The van der Waals surface area contributed by atoms with Crippen molar-refractivity contribution in [2.45, 2.75) is 45.2 Å². The van der Waals surface area contributed by atoms with E-state index in [4.69, 9.17) is 5.73 Å². The Balaban J connectivity index is 2.13. The first kappa shape index (κ1) is 11.5. The highest BCUT2D eigenvalue weighted by Crippen LogP contribution is 2.45. The van der Waals surface area contributed by atoms with Crippen LogP contribution in [0.25, 0.3) is 0 Å². The molecule has 1 saturated carbocycles. The Morgan fingerprint density at radius 2 is 1.81 bits per heavy atom. The van der Waals surface area contributed by atoms with Crippen molar-refractivity contribution in [1.29, 1.82) is 0 Å². The summed E-state index contributed by atoms with van der Waals surface area (Å²) in [6, 6.07) is 10.9. The largest absolute Gasteiger partial charge is 0.382 e. The Labute approximate surface area is 98.2 Å². The summed E-state index contributed by atoms with van der Waals surface area (Å²) in [4.78, 5) is 0. The Kier molecular flexibility index (Phi) is 2.70. The fraction of sp³-hybridized carbons (Fsp3) is 0.571. The zero-order valence-electron chi connectivity index (χ0n) is 10.5. The van der Waals surface area contributed by atoms with Crippen LogP contribution in [-0.4, -0.2) is 11.6 Å². The summed E-state index contributed by atoms with van der Waals surface area (Å²) < 4.78 is 0. The average molecular weight is 218 g/mol. The van der Waals surface area contributed by atoms with Crippen LogP contribution in [0, 0.1) is 5.41 Å². The van der Waals surface area contributed by atoms with Gasteiger partial charge in [-0.05, 0) is 31.9 Å². The lowest BCUT2D eigenvalue weighted by molar-refractivity contribution is 0.215. The first-order valence-corrected chi connectivity index (χ1v) is 6.04. The molecule has 1 aromatic rings. The Morgan fingerprint density at radius 1 is 1.19 bits per heavy atom. The third-order valence-electron chi connectivity index (χ3n) is 4.41. The molecule has 0 unspecified atom stereocenters. The minimum atomic E-state index is -0.0700. The van der Waals surface area contributed by atoms with Crippen molar-refractivity contribution in [3.05, 3.63) is 30.3 Å². The minimum Gasteiger partial charge on any atom is -0.382 e. The second-order valence-electron chi connectivity index (χ2n) is 5.74. The number of hydrogen-bond acceptors (Lipinski definition) is 2. The second kappa shape index (κ2) is 3.77. The van der Waals surface area contributed by atoms with Crippen LogP contribution >= 0.6 is 0 Å². The number of para-hydroxylation sites is 1. The van der Waals surface area contributed by atoms with Gasteiger partial charge in [0.2, 0.25) is 0 Å². The molecule has 2 heteroatoms. The lowest BCUT2D eigenvalue weighted by Crippen LogP contribution is -2.51. The lowest BCUT2D eigenvalue weighted by Gasteiger charge is -2.39. The van der Waals surface area contributed by atoms with Gasteiger partial charge in [-0.3, -0.25) is 0 Å². The number of nitrogens with one attached hydrogen (secondary N) is 1. The van der Waals surface area contributed by atoms with Crippen LogP contribution in [0.4, 0.5) is 5.69 Å². The van der Waals surface area contributed by atoms with Gasteiger partial charge in [0.15, 0.2) is 0 Å². The van der Waals surface area contributed by atoms with E-state index in [1.807, 2.05) is 6.07 Å². The van der Waals surface area contributed by atoms with Gasteiger partial charge in [-0.2, -0.15) is 0 Å². The maximum atomic E-state index is 6.36. The van der Waals surface area contributed by atoms with Gasteiger partial charge >= 0.3 is 0 Å². The smallest absolute Gasteiger partial charge is 0.0342 e. The van der Waals surface area contributed by atoms with Crippen LogP contribution in [-0.2, 0) is 0 Å². The van der Waals surface area contributed by atoms with Crippen molar-refractivity contribution in [1.82, 2.24) is 0 Å². The molecule has 3 N–H and O–H groups in total. The summed E-state index contributed by atoms with van der Waals surface area (Å²) in [7, 11) is 0. The summed E-state index contributed by atoms with van der Waals surface area (Å²) in [6.45, 7) is 6.70. The Bertz CT molecular complexity index is 354. The summed E-state index contributed by atoms with van der Waals surface area (Å²) in [5.74, 6) is 0. The van der Waals surface area contributed by atoms with Gasteiger partial charge in [0, 0.05) is 22.7 Å². The van der Waals surface area contributed by atoms with E-state index in [1.54, 1.807) is 0 Å². The van der Waals surface area contributed by atoms with E-state index >= 15 is 0 Å². The predicted molar refractivity (Wildman–Crippen MR) is 69.5 cm³/mol. The summed E-state index contributed by atoms with van der Waals surface area (Å²) in [5, 5.41) is 3.61. The van der Waals surface area contributed by atoms with Crippen LogP contribution in [0.5, 0.6) is 0 Å². The molecule has 0 aliphatic heterocycles. The van der Waals surface area contributed by atoms with Gasteiger partial charge in [0.25, 0.3) is 0 Å². The number of nitrogens with two attached hydrogens (primary N) is 1. The van der Waals surface area contributed by atoms with Crippen molar-refractivity contribution in [2.24, 2.45) is 11.1 Å². The number of hydrogen-bond donors (Lipinski definition) is 2. The normalized spacial score (nSPS) is 32.6. The van der Waals surface area contributed by atoms with Gasteiger partial charge < -0.3 is 11.1 Å². The standard InChI is InChI=1S/C14H22N2/c1-13(2)12(9-10-14(13,3)15)16-11-7-5-4-6-8-11/h4-8,12,16H,9-10,15H2,1-3H3/t12-,14+/m0/s1. The minimum absolute atomic E-state index is 0.0700. The molecule has 0 aromatic heterocycles. The van der Waals surface area contributed by atoms with E-state index in [1.165, 1.54) is 5.69 Å². The molecule has 0 bridgehead atoms. The van der Waals surface area contributed by atoms with Crippen LogP contribution in [0.2, 0.25) is 0 Å². The van der Waals surface area contributed by atoms with Crippen LogP contribution in [0.3, 0.4) is 0 Å². The van der Waals surface area contributed by atoms with E-state index in [-0.39, 0.29) is 11.0 Å². The van der Waals surface area contributed by atoms with Crippen molar-refractivity contribution >= 4 is 5.69 Å². The molecule has 0 radical (unpaired) electrons. The van der Waals surface area contributed by atoms with Gasteiger partial charge in [0.1, 0.15) is 0 Å². The molecule has 0 amide bonds. The highest BCUT2D eigenvalue weighted by molar-refractivity contribution is 5.44. The van der Waals surface area contributed by atoms with Crippen LogP contribution in [0.1, 0.15) is 33.6 Å². The molecule has 0 saturated heterocycles. The summed E-state index contributed by atoms with van der Waals surface area (Å²) in [6.07, 6.45) is 2.24. The predicted octanol–water partition coefficient (Wildman–Crippen LogP) is 3.00. The van der Waals surface area contributed by atoms with E-state index in [0.29, 0.717) is 6.04 Å². The van der Waals surface area contributed by atoms with Crippen LogP contribution in [0.15, 0.2) is 30.3 Å². The molecule has 2 atom stereocenters. The van der Waals surface area contributed by atoms with E-state index < -0.39 is 0 Å². The third kappa shape index (κ3) is 1.82. The first-order chi connectivity index (χ1) is 7.43. The number of benzene rings is 1. The zero-order chi connectivity index (χ0) is 11.8. The molecule has 1 aromatic carbocycles. The first-order valence-electron chi connectivity index (χ1n) is 6.04. The quantitative estimate of drug-likeness (QED) is 0.801. The SMILES string of the molecule is CC1(C)[C@@H](Nc2ccccc2)CC[C@@]1(C)N. The fourth-order valence-electron chi connectivity index (χ4n) is 2.51. The van der Waals surface area contributed by atoms with Gasteiger partial charge in [-0.1, -0.05) is 32.0 Å². The van der Waals surface area contributed by atoms with E-state index in [0.717, 1.165) is 12.8 Å². The molecule has 16 heavy (non-hydrogen) atoms. The second-order valence-corrected chi connectivity index (χ2v) is 5.74. The zero-order valence-corrected chi connectivity index (χ0v) is 10.5. The van der Waals surface area contributed by atoms with Gasteiger partial charge in [-0.15, -0.1) is 0 Å². The molecular weight excluding hydrogens is 196 g/mol. The molecule has 0 spiro atoms. The van der Waals surface area contributed by atoms with Crippen molar-refractivity contribution in [3.8, 4) is 0 Å². The van der Waals surface area contributed by atoms with Gasteiger partial charge in [0.05, 0.1) is 0 Å². The molecule has 2 rings (SSSR count). The Morgan fingerprint density at radius 3 is 2.31 bits per heavy atom. The van der Waals surface area contributed by atoms with Crippen molar-refractivity contribution < 1.29 is 0 Å². The summed E-state index contributed by atoms with van der Waals surface area (Å²) >= 11 is 0. The average Bonchev–Trinajstić information content (AvgIpc) is 2.43. The van der Waals surface area contributed by atoms with E-state index in [2.05, 4.69) is 50.4 Å². The summed E-state index contributed by atoms with van der Waals surface area (Å²) in [5.41, 5.74) is 7.61. The van der Waals surface area contributed by atoms with Crippen molar-refractivity contribution in [3.63, 3.8) is 0 Å². The molecular formula is C14H22N2. The third-order valence-corrected chi connectivity index (χ3v) is 4.41. The molecule has 2 nitrogen and oxygen atoms in total. The monoisotopic (exact) mass is 218 g/mol. The number of anilines is 1. The lowest BCUT2D eigenvalue weighted by atomic mass is 9.75. The molecule has 1 aliphatic rings.